The Bertz CT molecular complexity index is 10500. The van der Waals surface area contributed by atoms with Gasteiger partial charge in [0, 0.05) is 158 Å². The molecule has 8 heterocycles. The number of benzene rings is 24. The highest BCUT2D eigenvalue weighted by molar-refractivity contribution is 6.35. The van der Waals surface area contributed by atoms with Gasteiger partial charge < -0.3 is 38.2 Å². The topological polar surface area (TPSA) is 82.9 Å². The molecule has 0 amide bonds. The maximum absolute atomic E-state index is 3.76. The highest BCUT2D eigenvalue weighted by Crippen LogP contribution is 2.49. The van der Waals surface area contributed by atoms with E-state index in [1.165, 1.54) is 283 Å². The minimum atomic E-state index is 1.17. The van der Waals surface area contributed by atoms with Crippen molar-refractivity contribution in [1.29, 1.82) is 0 Å². The molecule has 0 spiro atoms. The molecule has 0 atom stereocenters. The van der Waals surface area contributed by atoms with E-state index in [2.05, 4.69) is 499 Å². The van der Waals surface area contributed by atoms with Gasteiger partial charge in [-0.3, -0.25) is 0 Å². The monoisotopic (exact) mass is 1730 g/mol. The quantitative estimate of drug-likeness (QED) is 0.127. The van der Waals surface area contributed by atoms with Crippen molar-refractivity contribution in [3.05, 3.63) is 461 Å². The zero-order chi connectivity index (χ0) is 88.9. The number of para-hydroxylation sites is 5. The molecule has 0 saturated carbocycles. The number of hydrogen-bond donors (Lipinski definition) is 4. The van der Waals surface area contributed by atoms with Gasteiger partial charge in [0.25, 0.3) is 0 Å². The summed E-state index contributed by atoms with van der Waals surface area (Å²) in [7, 11) is 0. The number of rotatable bonds is 4. The standard InChI is InChI=1S/4C32H20N2/c1-2-10-20(11-3-1)34-30-19-29-26(23-14-8-9-17-28(23)33-29)18-27(30)31-24-15-6-4-12-21(24)22-13-5-7-16-25(22)32(31)34;1-2-12-24(13-3-1)34-31-17-23-11-7-5-9-21(23)15-27(31)28-18-26-25-14-20-8-4-6-10-22(20)16-29(25)33-30(26)19-32(28)34;1-2-10-22(11-3-1)34-29-17-15-20-8-4-6-12-23(20)31(29)27-18-26-25-16-14-21-9-5-7-13-24(21)32(25)33-28(26)19-30(27)34;1-2-11-23(12-3-1)34-30-15-14-20-8-6-7-13-24(20)32(30)27-18-26-25-16-21-9-4-5-10-22(21)17-28(25)33-29(26)19-31(27)34/h4*1-19,33H. The number of nitrogens with one attached hydrogen (secondary N) is 4. The highest BCUT2D eigenvalue weighted by atomic mass is 15.0. The summed E-state index contributed by atoms with van der Waals surface area (Å²) in [4.78, 5) is 14.8. The van der Waals surface area contributed by atoms with E-state index in [1.807, 2.05) is 0 Å². The molecule has 0 unspecified atom stereocenters. The second-order valence-electron chi connectivity index (χ2n) is 36.5. The van der Waals surface area contributed by atoms with Crippen molar-refractivity contribution in [2.24, 2.45) is 0 Å². The molecule has 136 heavy (non-hydrogen) atoms. The molecule has 8 nitrogen and oxygen atoms in total. The van der Waals surface area contributed by atoms with Crippen LogP contribution in [0.3, 0.4) is 0 Å². The van der Waals surface area contributed by atoms with E-state index in [9.17, 15) is 0 Å². The van der Waals surface area contributed by atoms with Crippen LogP contribution in [-0.2, 0) is 0 Å². The van der Waals surface area contributed by atoms with Crippen LogP contribution in [0, 0.1) is 0 Å². The number of fused-ring (bicyclic) bond motifs is 38. The molecule has 8 aromatic heterocycles. The van der Waals surface area contributed by atoms with Crippen molar-refractivity contribution in [2.75, 3.05) is 0 Å². The lowest BCUT2D eigenvalue weighted by atomic mass is 9.96. The SMILES string of the molecule is c1ccc(-n2c3cc4[nH]c5c6ccccc6ccc5c4cc3c3c4ccccc4ccc32)cc1.c1ccc(-n2c3cc4[nH]c5cc6ccccc6cc5c4cc3c3c4ccccc4ccc32)cc1.c1ccc(-n2c3cc4[nH]c5ccccc5c4cc3c3c4ccccc4c4ccccc4c32)cc1.c1ccc(-n2c3cc4ccccc4cc3c3cc4c(cc32)[nH]c2cc3ccccc3cc24)cc1. The molecule has 0 bridgehead atoms. The van der Waals surface area contributed by atoms with Crippen LogP contribution in [0.2, 0.25) is 0 Å². The van der Waals surface area contributed by atoms with Crippen molar-refractivity contribution >= 4 is 261 Å². The van der Waals surface area contributed by atoms with Gasteiger partial charge in [0.2, 0.25) is 0 Å². The van der Waals surface area contributed by atoms with E-state index in [0.717, 1.165) is 0 Å². The van der Waals surface area contributed by atoms with E-state index in [4.69, 9.17) is 0 Å². The Balaban J connectivity index is 0.0000000879. The predicted molar refractivity (Wildman–Crippen MR) is 581 cm³/mol. The molecule has 32 aromatic rings. The van der Waals surface area contributed by atoms with Crippen LogP contribution in [0.1, 0.15) is 0 Å². The van der Waals surface area contributed by atoms with E-state index >= 15 is 0 Å². The summed E-state index contributed by atoms with van der Waals surface area (Å²) in [6, 6.07) is 167. The number of hydrogen-bond acceptors (Lipinski definition) is 0. The van der Waals surface area contributed by atoms with Gasteiger partial charge in [-0.05, 0) is 227 Å². The van der Waals surface area contributed by atoms with Crippen molar-refractivity contribution in [3.63, 3.8) is 0 Å². The van der Waals surface area contributed by atoms with Crippen LogP contribution in [-0.4, -0.2) is 38.2 Å². The lowest BCUT2D eigenvalue weighted by Gasteiger charge is -2.12. The Morgan fingerprint density at radius 2 is 0.412 bits per heavy atom. The first-order valence-electron chi connectivity index (χ1n) is 46.8. The third kappa shape index (κ3) is 11.5. The first-order valence-corrected chi connectivity index (χ1v) is 46.8. The molecule has 4 N–H and O–H groups in total. The van der Waals surface area contributed by atoms with Gasteiger partial charge in [0.05, 0.1) is 49.7 Å². The average molecular weight is 1730 g/mol. The first-order chi connectivity index (χ1) is 67.4. The Kier molecular flexibility index (Phi) is 16.5. The molecule has 8 heteroatoms. The van der Waals surface area contributed by atoms with Gasteiger partial charge >= 0.3 is 0 Å². The van der Waals surface area contributed by atoms with Crippen LogP contribution in [0.5, 0.6) is 0 Å². The van der Waals surface area contributed by atoms with E-state index in [1.54, 1.807) is 0 Å². The fourth-order valence-electron chi connectivity index (χ4n) is 23.0. The van der Waals surface area contributed by atoms with Gasteiger partial charge in [0.1, 0.15) is 0 Å². The first kappa shape index (κ1) is 75.6. The molecule has 0 aliphatic heterocycles. The van der Waals surface area contributed by atoms with Gasteiger partial charge in [-0.25, -0.2) is 0 Å². The predicted octanol–water partition coefficient (Wildman–Crippen LogP) is 34.9. The molecule has 0 aliphatic rings. The zero-order valence-electron chi connectivity index (χ0n) is 73.7. The van der Waals surface area contributed by atoms with Crippen molar-refractivity contribution in [3.8, 4) is 22.7 Å². The Morgan fingerprint density at radius 3 is 0.912 bits per heavy atom. The Hall–Kier alpha value is -18.2. The summed E-state index contributed by atoms with van der Waals surface area (Å²) in [5.74, 6) is 0. The van der Waals surface area contributed by atoms with E-state index in [0.29, 0.717) is 0 Å². The fourth-order valence-corrected chi connectivity index (χ4v) is 23.0. The van der Waals surface area contributed by atoms with E-state index in [-0.39, 0.29) is 0 Å². The largest absolute Gasteiger partial charge is 0.354 e. The second-order valence-corrected chi connectivity index (χ2v) is 36.5. The maximum Gasteiger partial charge on any atom is 0.0625 e. The Labute approximate surface area is 777 Å². The van der Waals surface area contributed by atoms with Gasteiger partial charge in [-0.15, -0.1) is 0 Å². The lowest BCUT2D eigenvalue weighted by molar-refractivity contribution is 1.18. The van der Waals surface area contributed by atoms with Gasteiger partial charge in [-0.2, -0.15) is 0 Å². The summed E-state index contributed by atoms with van der Waals surface area (Å²) in [5.41, 5.74) is 24.0. The summed E-state index contributed by atoms with van der Waals surface area (Å²) >= 11 is 0. The average Bonchev–Trinajstić information content (AvgIpc) is 1.54. The van der Waals surface area contributed by atoms with Gasteiger partial charge in [0.15, 0.2) is 0 Å². The molecule has 24 aromatic carbocycles. The Morgan fingerprint density at radius 1 is 0.125 bits per heavy atom. The number of aromatic amines is 4. The summed E-state index contributed by atoms with van der Waals surface area (Å²) in [5, 5.41) is 41.0. The molecule has 0 saturated heterocycles. The fraction of sp³-hybridized carbons (Fsp3) is 0. The third-order valence-electron chi connectivity index (χ3n) is 29.0. The van der Waals surface area contributed by atoms with Gasteiger partial charge in [-0.1, -0.05) is 309 Å². The minimum absolute atomic E-state index is 1.17. The van der Waals surface area contributed by atoms with Crippen LogP contribution in [0.25, 0.3) is 283 Å². The van der Waals surface area contributed by atoms with Crippen LogP contribution in [0.15, 0.2) is 461 Å². The lowest BCUT2D eigenvalue weighted by Crippen LogP contribution is -1.94. The van der Waals surface area contributed by atoms with Crippen LogP contribution < -0.4 is 0 Å². The third-order valence-corrected chi connectivity index (χ3v) is 29.0. The smallest absolute Gasteiger partial charge is 0.0625 e. The second kappa shape index (κ2) is 29.6. The van der Waals surface area contributed by atoms with Crippen LogP contribution in [0.4, 0.5) is 0 Å². The molecule has 0 radical (unpaired) electrons. The molecule has 632 valence electrons. The molecular formula is C128H80N8. The number of H-pyrrole nitrogens is 4. The van der Waals surface area contributed by atoms with E-state index < -0.39 is 0 Å². The molecule has 32 rings (SSSR count). The summed E-state index contributed by atoms with van der Waals surface area (Å²) in [6.45, 7) is 0. The highest BCUT2D eigenvalue weighted by Gasteiger charge is 2.25. The molecule has 0 aliphatic carbocycles. The van der Waals surface area contributed by atoms with Crippen LogP contribution >= 0.6 is 0 Å². The number of nitrogens with zero attached hydrogens (tertiary/aromatic N) is 4. The van der Waals surface area contributed by atoms with Crippen molar-refractivity contribution in [2.45, 2.75) is 0 Å². The summed E-state index contributed by atoms with van der Waals surface area (Å²) < 4.78 is 9.65. The molecular weight excluding hydrogens is 1650 g/mol. The number of aromatic nitrogens is 8. The minimum Gasteiger partial charge on any atom is -0.354 e. The normalized spacial score (nSPS) is 12.1. The molecule has 0 fully saturated rings. The zero-order valence-corrected chi connectivity index (χ0v) is 73.7. The summed E-state index contributed by atoms with van der Waals surface area (Å²) in [6.07, 6.45) is 0. The van der Waals surface area contributed by atoms with Crippen molar-refractivity contribution < 1.29 is 0 Å². The maximum atomic E-state index is 3.76. The van der Waals surface area contributed by atoms with Crippen molar-refractivity contribution in [1.82, 2.24) is 38.2 Å².